The van der Waals surface area contributed by atoms with Gasteiger partial charge in [0.05, 0.1) is 10.7 Å². The third-order valence-corrected chi connectivity index (χ3v) is 4.87. The number of nitrogens with zero attached hydrogens (tertiary/aromatic N) is 1. The molecular weight excluding hydrogens is 258 g/mol. The largest absolute Gasteiger partial charge is 0.246 e. The number of hydrogen-bond donors (Lipinski definition) is 0. The Morgan fingerprint density at radius 3 is 2.57 bits per heavy atom. The first kappa shape index (κ1) is 12.2. The summed E-state index contributed by atoms with van der Waals surface area (Å²) in [5.41, 5.74) is 1.52. The third kappa shape index (κ3) is 3.35. The molecular formula is C11H18BrNS. The molecule has 3 heteroatoms. The molecule has 0 aromatic carbocycles. The van der Waals surface area contributed by atoms with Crippen LogP contribution in [0.25, 0.3) is 0 Å². The molecule has 1 heterocycles. The van der Waals surface area contributed by atoms with Crippen LogP contribution in [0.4, 0.5) is 0 Å². The molecule has 1 aromatic heterocycles. The maximum atomic E-state index is 4.57. The van der Waals surface area contributed by atoms with Crippen molar-refractivity contribution in [3.8, 4) is 0 Å². The number of hydrogen-bond acceptors (Lipinski definition) is 2. The van der Waals surface area contributed by atoms with Crippen molar-refractivity contribution in [1.29, 1.82) is 0 Å². The van der Waals surface area contributed by atoms with Crippen molar-refractivity contribution in [3.63, 3.8) is 0 Å². The van der Waals surface area contributed by atoms with Gasteiger partial charge in [0, 0.05) is 16.6 Å². The molecule has 0 radical (unpaired) electrons. The Labute approximate surface area is 99.1 Å². The first-order chi connectivity index (χ1) is 6.43. The van der Waals surface area contributed by atoms with Crippen LogP contribution in [-0.4, -0.2) is 9.81 Å². The molecule has 0 amide bonds. The fraction of sp³-hybridized carbons (Fsp3) is 0.727. The van der Waals surface area contributed by atoms with Crippen molar-refractivity contribution in [2.24, 2.45) is 5.41 Å². The van der Waals surface area contributed by atoms with Gasteiger partial charge in [-0.05, 0) is 11.8 Å². The minimum atomic E-state index is 0.304. The molecule has 1 rings (SSSR count). The van der Waals surface area contributed by atoms with Crippen molar-refractivity contribution in [2.45, 2.75) is 45.4 Å². The van der Waals surface area contributed by atoms with E-state index in [0.29, 0.717) is 10.2 Å². The molecule has 0 aliphatic rings. The van der Waals surface area contributed by atoms with Gasteiger partial charge >= 0.3 is 0 Å². The van der Waals surface area contributed by atoms with Gasteiger partial charge in [0.25, 0.3) is 0 Å². The summed E-state index contributed by atoms with van der Waals surface area (Å²) in [6.45, 7) is 8.90. The van der Waals surface area contributed by atoms with Crippen LogP contribution in [0.3, 0.4) is 0 Å². The summed E-state index contributed by atoms with van der Waals surface area (Å²) in [6, 6.07) is 0. The maximum absolute atomic E-state index is 4.57. The fourth-order valence-electron chi connectivity index (χ4n) is 1.06. The number of rotatable bonds is 3. The van der Waals surface area contributed by atoms with E-state index in [0.717, 1.165) is 12.8 Å². The lowest BCUT2D eigenvalue weighted by Crippen LogP contribution is -2.22. The van der Waals surface area contributed by atoms with Crippen LogP contribution >= 0.6 is 27.3 Å². The molecule has 0 saturated carbocycles. The fourth-order valence-corrected chi connectivity index (χ4v) is 2.51. The number of alkyl halides is 1. The van der Waals surface area contributed by atoms with Crippen molar-refractivity contribution in [3.05, 3.63) is 16.1 Å². The molecule has 0 spiro atoms. The van der Waals surface area contributed by atoms with E-state index in [1.807, 2.05) is 0 Å². The second-order valence-electron chi connectivity index (χ2n) is 4.62. The Balaban J connectivity index is 2.60. The highest BCUT2D eigenvalue weighted by Crippen LogP contribution is 2.29. The van der Waals surface area contributed by atoms with Gasteiger partial charge < -0.3 is 0 Å². The maximum Gasteiger partial charge on any atom is 0.0939 e. The van der Waals surface area contributed by atoms with Crippen LogP contribution in [0.1, 0.15) is 38.4 Å². The predicted molar refractivity (Wildman–Crippen MR) is 67.4 cm³/mol. The highest BCUT2D eigenvalue weighted by atomic mass is 79.9. The van der Waals surface area contributed by atoms with Crippen molar-refractivity contribution in [1.82, 2.24) is 4.98 Å². The summed E-state index contributed by atoms with van der Waals surface area (Å²) in [4.78, 5) is 5.08. The second kappa shape index (κ2) is 4.75. The molecule has 80 valence electrons. The molecule has 0 bridgehead atoms. The molecule has 0 N–H and O–H groups in total. The lowest BCUT2D eigenvalue weighted by Gasteiger charge is -2.24. The van der Waals surface area contributed by atoms with Crippen LogP contribution in [0.2, 0.25) is 0 Å². The Kier molecular flexibility index (Phi) is 4.14. The standard InChI is InChI=1S/C11H18BrNS/c1-5-8-7-14-10(13-8)6-9(12)11(2,3)4/h7,9H,5-6H2,1-4H3. The monoisotopic (exact) mass is 275 g/mol. The summed E-state index contributed by atoms with van der Waals surface area (Å²) < 4.78 is 0. The number of thiazole rings is 1. The van der Waals surface area contributed by atoms with E-state index in [9.17, 15) is 0 Å². The lowest BCUT2D eigenvalue weighted by atomic mass is 9.90. The Hall–Kier alpha value is 0.110. The summed E-state index contributed by atoms with van der Waals surface area (Å²) in [6.07, 6.45) is 2.08. The molecule has 0 fully saturated rings. The smallest absolute Gasteiger partial charge is 0.0939 e. The average Bonchev–Trinajstić information content (AvgIpc) is 2.50. The van der Waals surface area contributed by atoms with Crippen LogP contribution in [0, 0.1) is 5.41 Å². The third-order valence-electron chi connectivity index (χ3n) is 2.26. The van der Waals surface area contributed by atoms with E-state index in [-0.39, 0.29) is 0 Å². The molecule has 1 aromatic rings. The van der Waals surface area contributed by atoms with Crippen LogP contribution < -0.4 is 0 Å². The van der Waals surface area contributed by atoms with E-state index in [1.165, 1.54) is 10.7 Å². The average molecular weight is 276 g/mol. The summed E-state index contributed by atoms with van der Waals surface area (Å²) in [5, 5.41) is 3.41. The van der Waals surface area contributed by atoms with E-state index < -0.39 is 0 Å². The van der Waals surface area contributed by atoms with Gasteiger partial charge in [-0.1, -0.05) is 43.6 Å². The van der Waals surface area contributed by atoms with Crippen LogP contribution in [0.15, 0.2) is 5.38 Å². The molecule has 14 heavy (non-hydrogen) atoms. The van der Waals surface area contributed by atoms with Gasteiger partial charge in [-0.25, -0.2) is 4.98 Å². The Bertz CT molecular complexity index is 288. The van der Waals surface area contributed by atoms with Gasteiger partial charge in [-0.15, -0.1) is 11.3 Å². The molecule has 0 aliphatic heterocycles. The normalized spacial score (nSPS) is 14.4. The predicted octanol–water partition coefficient (Wildman–Crippen LogP) is 4.06. The summed E-state index contributed by atoms with van der Waals surface area (Å²) in [7, 11) is 0. The number of halogens is 1. The van der Waals surface area contributed by atoms with E-state index in [4.69, 9.17) is 0 Å². The zero-order valence-electron chi connectivity index (χ0n) is 9.30. The Morgan fingerprint density at radius 2 is 2.14 bits per heavy atom. The van der Waals surface area contributed by atoms with Crippen molar-refractivity contribution in [2.75, 3.05) is 0 Å². The zero-order valence-corrected chi connectivity index (χ0v) is 11.7. The van der Waals surface area contributed by atoms with Crippen LogP contribution in [-0.2, 0) is 12.8 Å². The quantitative estimate of drug-likeness (QED) is 0.759. The van der Waals surface area contributed by atoms with E-state index in [1.54, 1.807) is 11.3 Å². The van der Waals surface area contributed by atoms with Crippen molar-refractivity contribution < 1.29 is 0 Å². The van der Waals surface area contributed by atoms with E-state index >= 15 is 0 Å². The number of aryl methyl sites for hydroxylation is 1. The SMILES string of the molecule is CCc1csc(CC(Br)C(C)(C)C)n1. The van der Waals surface area contributed by atoms with Crippen LogP contribution in [0.5, 0.6) is 0 Å². The first-order valence-electron chi connectivity index (χ1n) is 5.01. The Morgan fingerprint density at radius 1 is 1.50 bits per heavy atom. The first-order valence-corrected chi connectivity index (χ1v) is 6.80. The van der Waals surface area contributed by atoms with Gasteiger partial charge in [0.2, 0.25) is 0 Å². The second-order valence-corrected chi connectivity index (χ2v) is 6.67. The summed E-state index contributed by atoms with van der Waals surface area (Å²) in [5.74, 6) is 0. The molecule has 1 nitrogen and oxygen atoms in total. The highest BCUT2D eigenvalue weighted by Gasteiger charge is 2.22. The van der Waals surface area contributed by atoms with Gasteiger partial charge in [-0.3, -0.25) is 0 Å². The van der Waals surface area contributed by atoms with Gasteiger partial charge in [-0.2, -0.15) is 0 Å². The van der Waals surface area contributed by atoms with Gasteiger partial charge in [0.15, 0.2) is 0 Å². The lowest BCUT2D eigenvalue weighted by molar-refractivity contribution is 0.397. The topological polar surface area (TPSA) is 12.9 Å². The minimum absolute atomic E-state index is 0.304. The van der Waals surface area contributed by atoms with Gasteiger partial charge in [0.1, 0.15) is 0 Å². The zero-order chi connectivity index (χ0) is 10.8. The molecule has 1 atom stereocenters. The minimum Gasteiger partial charge on any atom is -0.246 e. The number of aromatic nitrogens is 1. The summed E-state index contributed by atoms with van der Waals surface area (Å²) >= 11 is 5.51. The molecule has 0 saturated heterocycles. The molecule has 1 unspecified atom stereocenters. The molecule has 0 aliphatic carbocycles. The van der Waals surface area contributed by atoms with E-state index in [2.05, 4.69) is 54.0 Å². The highest BCUT2D eigenvalue weighted by molar-refractivity contribution is 9.09. The van der Waals surface area contributed by atoms with Crippen molar-refractivity contribution >= 4 is 27.3 Å².